The van der Waals surface area contributed by atoms with Gasteiger partial charge in [-0.25, -0.2) is 0 Å². The number of benzene rings is 2. The van der Waals surface area contributed by atoms with Crippen molar-refractivity contribution in [2.75, 3.05) is 5.32 Å². The van der Waals surface area contributed by atoms with E-state index in [9.17, 15) is 4.79 Å². The van der Waals surface area contributed by atoms with Crippen LogP contribution in [0.2, 0.25) is 0 Å². The van der Waals surface area contributed by atoms with Crippen molar-refractivity contribution in [2.24, 2.45) is 5.92 Å². The maximum absolute atomic E-state index is 12.2. The number of hydrogen-bond donors (Lipinski definition) is 1. The average Bonchev–Trinajstić information content (AvgIpc) is 2.49. The highest BCUT2D eigenvalue weighted by atomic mass is 16.1. The van der Waals surface area contributed by atoms with Gasteiger partial charge in [0.25, 0.3) is 0 Å². The lowest BCUT2D eigenvalue weighted by atomic mass is 10.0. The molecule has 0 spiro atoms. The van der Waals surface area contributed by atoms with Crippen LogP contribution in [0.15, 0.2) is 54.6 Å². The van der Waals surface area contributed by atoms with Gasteiger partial charge in [0.2, 0.25) is 5.91 Å². The molecule has 0 radical (unpaired) electrons. The largest absolute Gasteiger partial charge is 0.325 e. The Kier molecular flexibility index (Phi) is 4.94. The molecule has 1 N–H and O–H groups in total. The molecule has 2 aromatic carbocycles. The monoisotopic (exact) mass is 267 g/mol. The van der Waals surface area contributed by atoms with E-state index in [2.05, 4.69) is 24.4 Å². The first-order valence-corrected chi connectivity index (χ1v) is 7.17. The Labute approximate surface area is 120 Å². The van der Waals surface area contributed by atoms with Crippen LogP contribution in [-0.4, -0.2) is 5.91 Å². The van der Waals surface area contributed by atoms with Crippen molar-refractivity contribution in [3.05, 3.63) is 54.6 Å². The van der Waals surface area contributed by atoms with Crippen LogP contribution in [0.3, 0.4) is 0 Å². The van der Waals surface area contributed by atoms with Crippen molar-refractivity contribution < 1.29 is 4.79 Å². The van der Waals surface area contributed by atoms with Crippen LogP contribution in [0.4, 0.5) is 5.69 Å². The minimum absolute atomic E-state index is 0.0452. The lowest BCUT2D eigenvalue weighted by molar-refractivity contribution is -0.119. The number of amides is 1. The SMILES string of the molecule is CCCC(C)C(=O)Nc1ccccc1-c1ccccc1. The third-order valence-electron chi connectivity index (χ3n) is 3.44. The molecule has 0 saturated heterocycles. The van der Waals surface area contributed by atoms with Gasteiger partial charge in [-0.3, -0.25) is 4.79 Å². The number of anilines is 1. The number of carbonyl (C=O) groups is 1. The Balaban J connectivity index is 2.23. The standard InChI is InChI=1S/C18H21NO/c1-3-9-14(2)18(20)19-17-13-8-7-12-16(17)15-10-5-4-6-11-15/h4-8,10-14H,3,9H2,1-2H3,(H,19,20). The van der Waals surface area contributed by atoms with Crippen LogP contribution in [0, 0.1) is 5.92 Å². The van der Waals surface area contributed by atoms with E-state index in [4.69, 9.17) is 0 Å². The van der Waals surface area contributed by atoms with Crippen molar-refractivity contribution in [1.82, 2.24) is 0 Å². The molecular weight excluding hydrogens is 246 g/mol. The van der Waals surface area contributed by atoms with Crippen LogP contribution in [0.5, 0.6) is 0 Å². The van der Waals surface area contributed by atoms with Crippen LogP contribution in [-0.2, 0) is 4.79 Å². The van der Waals surface area contributed by atoms with Crippen molar-refractivity contribution in [3.8, 4) is 11.1 Å². The third-order valence-corrected chi connectivity index (χ3v) is 3.44. The summed E-state index contributed by atoms with van der Waals surface area (Å²) in [6, 6.07) is 18.1. The van der Waals surface area contributed by atoms with Gasteiger partial charge >= 0.3 is 0 Å². The van der Waals surface area contributed by atoms with Gasteiger partial charge in [0.1, 0.15) is 0 Å². The number of rotatable bonds is 5. The maximum atomic E-state index is 12.2. The summed E-state index contributed by atoms with van der Waals surface area (Å²) in [5.41, 5.74) is 3.06. The number of carbonyl (C=O) groups excluding carboxylic acids is 1. The molecule has 0 aliphatic rings. The van der Waals surface area contributed by atoms with Gasteiger partial charge in [-0.05, 0) is 18.1 Å². The van der Waals surface area contributed by atoms with Gasteiger partial charge in [-0.1, -0.05) is 68.8 Å². The fourth-order valence-electron chi connectivity index (χ4n) is 2.28. The fourth-order valence-corrected chi connectivity index (χ4v) is 2.28. The van der Waals surface area contributed by atoms with Crippen molar-refractivity contribution in [1.29, 1.82) is 0 Å². The minimum Gasteiger partial charge on any atom is -0.325 e. The van der Waals surface area contributed by atoms with E-state index in [0.717, 1.165) is 29.7 Å². The molecule has 104 valence electrons. The predicted molar refractivity (Wildman–Crippen MR) is 84.6 cm³/mol. The third kappa shape index (κ3) is 3.47. The van der Waals surface area contributed by atoms with E-state index in [1.807, 2.05) is 49.4 Å². The zero-order chi connectivity index (χ0) is 14.4. The zero-order valence-electron chi connectivity index (χ0n) is 12.1. The molecule has 0 heterocycles. The van der Waals surface area contributed by atoms with E-state index in [0.29, 0.717) is 0 Å². The quantitative estimate of drug-likeness (QED) is 0.833. The van der Waals surface area contributed by atoms with Crippen LogP contribution < -0.4 is 5.32 Å². The van der Waals surface area contributed by atoms with Gasteiger partial charge in [0.15, 0.2) is 0 Å². The van der Waals surface area contributed by atoms with Crippen molar-refractivity contribution >= 4 is 11.6 Å². The Morgan fingerprint density at radius 1 is 1.05 bits per heavy atom. The Bertz CT molecular complexity index is 563. The summed E-state index contributed by atoms with van der Waals surface area (Å²) in [5, 5.41) is 3.05. The van der Waals surface area contributed by atoms with Gasteiger partial charge in [-0.2, -0.15) is 0 Å². The highest BCUT2D eigenvalue weighted by molar-refractivity contribution is 5.96. The van der Waals surface area contributed by atoms with Crippen molar-refractivity contribution in [2.45, 2.75) is 26.7 Å². The first kappa shape index (κ1) is 14.3. The summed E-state index contributed by atoms with van der Waals surface area (Å²) in [6.07, 6.45) is 1.94. The normalized spacial score (nSPS) is 11.9. The molecule has 2 heteroatoms. The van der Waals surface area contributed by atoms with Crippen LogP contribution >= 0.6 is 0 Å². The maximum Gasteiger partial charge on any atom is 0.227 e. The molecule has 0 fully saturated rings. The lowest BCUT2D eigenvalue weighted by Gasteiger charge is -2.14. The van der Waals surface area contributed by atoms with Gasteiger partial charge in [0, 0.05) is 17.2 Å². The fraction of sp³-hybridized carbons (Fsp3) is 0.278. The van der Waals surface area contributed by atoms with E-state index in [1.54, 1.807) is 0 Å². The molecule has 1 atom stereocenters. The molecule has 0 aliphatic heterocycles. The zero-order valence-corrected chi connectivity index (χ0v) is 12.1. The van der Waals surface area contributed by atoms with E-state index in [1.165, 1.54) is 0 Å². The Morgan fingerprint density at radius 2 is 1.70 bits per heavy atom. The molecule has 0 saturated carbocycles. The van der Waals surface area contributed by atoms with Gasteiger partial charge in [-0.15, -0.1) is 0 Å². The molecule has 2 aromatic rings. The van der Waals surface area contributed by atoms with Crippen LogP contribution in [0.1, 0.15) is 26.7 Å². The minimum atomic E-state index is 0.0452. The summed E-state index contributed by atoms with van der Waals surface area (Å²) < 4.78 is 0. The van der Waals surface area contributed by atoms with Crippen molar-refractivity contribution in [3.63, 3.8) is 0 Å². The second kappa shape index (κ2) is 6.90. The first-order valence-electron chi connectivity index (χ1n) is 7.17. The summed E-state index contributed by atoms with van der Waals surface area (Å²) in [5.74, 6) is 0.138. The molecule has 2 rings (SSSR count). The Hall–Kier alpha value is -2.09. The molecule has 2 nitrogen and oxygen atoms in total. The molecule has 1 unspecified atom stereocenters. The van der Waals surface area contributed by atoms with E-state index in [-0.39, 0.29) is 11.8 Å². The Morgan fingerprint density at radius 3 is 2.40 bits per heavy atom. The molecular formula is C18H21NO. The first-order chi connectivity index (χ1) is 9.72. The highest BCUT2D eigenvalue weighted by Gasteiger charge is 2.13. The van der Waals surface area contributed by atoms with Gasteiger partial charge < -0.3 is 5.32 Å². The number of nitrogens with one attached hydrogen (secondary N) is 1. The molecule has 1 amide bonds. The van der Waals surface area contributed by atoms with E-state index >= 15 is 0 Å². The topological polar surface area (TPSA) is 29.1 Å². The number of para-hydroxylation sites is 1. The van der Waals surface area contributed by atoms with E-state index < -0.39 is 0 Å². The highest BCUT2D eigenvalue weighted by Crippen LogP contribution is 2.28. The molecule has 0 aromatic heterocycles. The average molecular weight is 267 g/mol. The summed E-state index contributed by atoms with van der Waals surface area (Å²) in [6.45, 7) is 4.08. The summed E-state index contributed by atoms with van der Waals surface area (Å²) in [4.78, 5) is 12.2. The predicted octanol–water partition coefficient (Wildman–Crippen LogP) is 4.73. The molecule has 20 heavy (non-hydrogen) atoms. The summed E-state index contributed by atoms with van der Waals surface area (Å²) in [7, 11) is 0. The van der Waals surface area contributed by atoms with Gasteiger partial charge in [0.05, 0.1) is 0 Å². The second-order valence-electron chi connectivity index (χ2n) is 5.09. The second-order valence-corrected chi connectivity index (χ2v) is 5.09. The lowest BCUT2D eigenvalue weighted by Crippen LogP contribution is -2.20. The molecule has 0 bridgehead atoms. The smallest absolute Gasteiger partial charge is 0.227 e. The number of hydrogen-bond acceptors (Lipinski definition) is 1. The molecule has 0 aliphatic carbocycles. The summed E-state index contributed by atoms with van der Waals surface area (Å²) >= 11 is 0. The van der Waals surface area contributed by atoms with Crippen LogP contribution in [0.25, 0.3) is 11.1 Å².